The van der Waals surface area contributed by atoms with E-state index in [0.717, 1.165) is 16.7 Å². The minimum atomic E-state index is -1.20. The van der Waals surface area contributed by atoms with Crippen LogP contribution in [0.5, 0.6) is 0 Å². The predicted molar refractivity (Wildman–Crippen MR) is 70.2 cm³/mol. The van der Waals surface area contributed by atoms with Gasteiger partial charge in [-0.05, 0) is 25.5 Å². The smallest absolute Gasteiger partial charge is 0.348 e. The molecule has 4 nitrogen and oxygen atoms in total. The van der Waals surface area contributed by atoms with Crippen LogP contribution in [0.3, 0.4) is 0 Å². The molecule has 0 amide bonds. The highest BCUT2D eigenvalue weighted by atomic mass is 16.7. The van der Waals surface area contributed by atoms with Crippen LogP contribution < -0.4 is 0 Å². The fourth-order valence-corrected chi connectivity index (χ4v) is 2.04. The normalized spacial score (nSPS) is 17.8. The van der Waals surface area contributed by atoms with Crippen LogP contribution in [0.1, 0.15) is 30.5 Å². The van der Waals surface area contributed by atoms with Crippen LogP contribution in [0.4, 0.5) is 0 Å². The summed E-state index contributed by atoms with van der Waals surface area (Å²) in [5.41, 5.74) is 2.82. The molecule has 1 aromatic rings. The van der Waals surface area contributed by atoms with Crippen molar-refractivity contribution in [3.05, 3.63) is 40.5 Å². The molecule has 0 radical (unpaired) electrons. The van der Waals surface area contributed by atoms with Crippen LogP contribution in [0.25, 0.3) is 6.08 Å². The first-order valence-corrected chi connectivity index (χ1v) is 6.03. The van der Waals surface area contributed by atoms with E-state index in [1.165, 1.54) is 19.9 Å². The van der Waals surface area contributed by atoms with Crippen molar-refractivity contribution in [2.75, 3.05) is 0 Å². The van der Waals surface area contributed by atoms with Gasteiger partial charge >= 0.3 is 11.9 Å². The second-order valence-electron chi connectivity index (χ2n) is 5.16. The molecule has 1 heterocycles. The second-order valence-corrected chi connectivity index (χ2v) is 5.16. The highest BCUT2D eigenvalue weighted by Crippen LogP contribution is 2.24. The Morgan fingerprint density at radius 3 is 1.89 bits per heavy atom. The van der Waals surface area contributed by atoms with Crippen LogP contribution in [-0.4, -0.2) is 17.7 Å². The number of carbonyl (C=O) groups is 2. The van der Waals surface area contributed by atoms with Crippen molar-refractivity contribution >= 4 is 18.0 Å². The molecule has 2 rings (SSSR count). The Hall–Kier alpha value is -2.10. The molecule has 0 spiro atoms. The van der Waals surface area contributed by atoms with Crippen LogP contribution in [-0.2, 0) is 19.1 Å². The topological polar surface area (TPSA) is 52.6 Å². The summed E-state index contributed by atoms with van der Waals surface area (Å²) in [5.74, 6) is -2.51. The first kappa shape index (κ1) is 13.3. The van der Waals surface area contributed by atoms with Crippen LogP contribution in [0.15, 0.2) is 23.8 Å². The largest absolute Gasteiger partial charge is 0.419 e. The van der Waals surface area contributed by atoms with Crippen molar-refractivity contribution in [2.24, 2.45) is 0 Å². The molecule has 0 aromatic heterocycles. The Bertz CT molecular complexity index is 540. The van der Waals surface area contributed by atoms with E-state index in [4.69, 9.17) is 9.47 Å². The fraction of sp³-hybridized carbons (Fsp3) is 0.333. The highest BCUT2D eigenvalue weighted by molar-refractivity contribution is 6.18. The maximum atomic E-state index is 11.8. The van der Waals surface area contributed by atoms with E-state index in [1.54, 1.807) is 0 Å². The molecule has 1 aliphatic heterocycles. The molecule has 0 bridgehead atoms. The van der Waals surface area contributed by atoms with Gasteiger partial charge in [0.25, 0.3) is 5.79 Å². The van der Waals surface area contributed by atoms with Crippen molar-refractivity contribution in [1.82, 2.24) is 0 Å². The van der Waals surface area contributed by atoms with Crippen molar-refractivity contribution in [2.45, 2.75) is 33.5 Å². The molecule has 4 heteroatoms. The van der Waals surface area contributed by atoms with Crippen molar-refractivity contribution in [1.29, 1.82) is 0 Å². The molecule has 0 saturated carbocycles. The molecular formula is C15H16O4. The number of ether oxygens (including phenoxy) is 2. The van der Waals surface area contributed by atoms with E-state index in [9.17, 15) is 9.59 Å². The summed E-state index contributed by atoms with van der Waals surface area (Å²) in [4.78, 5) is 23.6. The molecule has 0 unspecified atom stereocenters. The van der Waals surface area contributed by atoms with Crippen molar-refractivity contribution in [3.8, 4) is 0 Å². The number of hydrogen-bond acceptors (Lipinski definition) is 4. The lowest BCUT2D eigenvalue weighted by Gasteiger charge is -2.29. The maximum Gasteiger partial charge on any atom is 0.348 e. The fourth-order valence-electron chi connectivity index (χ4n) is 2.04. The van der Waals surface area contributed by atoms with E-state index in [-0.39, 0.29) is 5.57 Å². The van der Waals surface area contributed by atoms with Gasteiger partial charge in [0.1, 0.15) is 5.57 Å². The summed E-state index contributed by atoms with van der Waals surface area (Å²) in [5, 5.41) is 0. The first-order chi connectivity index (χ1) is 8.77. The van der Waals surface area contributed by atoms with E-state index >= 15 is 0 Å². The lowest BCUT2D eigenvalue weighted by atomic mass is 10.0. The molecule has 1 fully saturated rings. The Morgan fingerprint density at radius 2 is 1.42 bits per heavy atom. The van der Waals surface area contributed by atoms with Gasteiger partial charge in [0.15, 0.2) is 0 Å². The molecular weight excluding hydrogens is 244 g/mol. The molecule has 100 valence electrons. The van der Waals surface area contributed by atoms with Gasteiger partial charge in [-0.25, -0.2) is 9.59 Å². The summed E-state index contributed by atoms with van der Waals surface area (Å²) in [6.45, 7) is 6.96. The number of hydrogen-bond donors (Lipinski definition) is 0. The Labute approximate surface area is 112 Å². The van der Waals surface area contributed by atoms with Gasteiger partial charge in [0.2, 0.25) is 0 Å². The monoisotopic (exact) mass is 260 g/mol. The van der Waals surface area contributed by atoms with Crippen molar-refractivity contribution < 1.29 is 19.1 Å². The molecule has 1 saturated heterocycles. The lowest BCUT2D eigenvalue weighted by Crippen LogP contribution is -2.41. The number of benzene rings is 1. The zero-order chi connectivity index (χ0) is 14.2. The molecule has 19 heavy (non-hydrogen) atoms. The van der Waals surface area contributed by atoms with Crippen LogP contribution in [0, 0.1) is 13.8 Å². The van der Waals surface area contributed by atoms with Gasteiger partial charge in [0.05, 0.1) is 0 Å². The second kappa shape index (κ2) is 4.53. The third-order valence-electron chi connectivity index (χ3n) is 2.67. The summed E-state index contributed by atoms with van der Waals surface area (Å²) >= 11 is 0. The summed E-state index contributed by atoms with van der Waals surface area (Å²) in [7, 11) is 0. The van der Waals surface area contributed by atoms with Crippen LogP contribution >= 0.6 is 0 Å². The zero-order valence-electron chi connectivity index (χ0n) is 11.4. The number of cyclic esters (lactones) is 2. The first-order valence-electron chi connectivity index (χ1n) is 6.03. The average Bonchev–Trinajstić information content (AvgIpc) is 2.20. The van der Waals surface area contributed by atoms with Gasteiger partial charge in [-0.1, -0.05) is 29.3 Å². The number of rotatable bonds is 1. The Kier molecular flexibility index (Phi) is 3.18. The maximum absolute atomic E-state index is 11.8. The SMILES string of the molecule is Cc1cc(C)cc(C=C2C(=O)OC(C)(C)OC2=O)c1. The van der Waals surface area contributed by atoms with E-state index < -0.39 is 17.7 Å². The third-order valence-corrected chi connectivity index (χ3v) is 2.67. The third kappa shape index (κ3) is 3.02. The van der Waals surface area contributed by atoms with Gasteiger partial charge < -0.3 is 9.47 Å². The van der Waals surface area contributed by atoms with E-state index in [0.29, 0.717) is 0 Å². The Balaban J connectivity index is 2.38. The highest BCUT2D eigenvalue weighted by Gasteiger charge is 2.38. The molecule has 0 aliphatic carbocycles. The standard InChI is InChI=1S/C15H16O4/c1-9-5-10(2)7-11(6-9)8-12-13(16)18-15(3,4)19-14(12)17/h5-8H,1-4H3. The average molecular weight is 260 g/mol. The molecule has 1 aliphatic rings. The Morgan fingerprint density at radius 1 is 0.947 bits per heavy atom. The van der Waals surface area contributed by atoms with Crippen molar-refractivity contribution in [3.63, 3.8) is 0 Å². The van der Waals surface area contributed by atoms with Gasteiger partial charge in [0, 0.05) is 13.8 Å². The summed E-state index contributed by atoms with van der Waals surface area (Å²) < 4.78 is 10.1. The zero-order valence-corrected chi connectivity index (χ0v) is 11.4. The predicted octanol–water partition coefficient (Wildman–Crippen LogP) is 2.52. The van der Waals surface area contributed by atoms with E-state index in [2.05, 4.69) is 0 Å². The van der Waals surface area contributed by atoms with Crippen LogP contribution in [0.2, 0.25) is 0 Å². The summed E-state index contributed by atoms with van der Waals surface area (Å²) in [6.07, 6.45) is 1.50. The number of esters is 2. The molecule has 0 atom stereocenters. The van der Waals surface area contributed by atoms with Gasteiger partial charge in [-0.15, -0.1) is 0 Å². The number of carbonyl (C=O) groups excluding carboxylic acids is 2. The number of aryl methyl sites for hydroxylation is 2. The minimum absolute atomic E-state index is 0.0793. The van der Waals surface area contributed by atoms with E-state index in [1.807, 2.05) is 32.0 Å². The van der Waals surface area contributed by atoms with Gasteiger partial charge in [-0.3, -0.25) is 0 Å². The lowest BCUT2D eigenvalue weighted by molar-refractivity contribution is -0.222. The summed E-state index contributed by atoms with van der Waals surface area (Å²) in [6, 6.07) is 5.79. The van der Waals surface area contributed by atoms with Gasteiger partial charge in [-0.2, -0.15) is 0 Å². The molecule has 1 aromatic carbocycles. The minimum Gasteiger partial charge on any atom is -0.419 e. The molecule has 0 N–H and O–H groups in total. The quantitative estimate of drug-likeness (QED) is 0.442.